The van der Waals surface area contributed by atoms with Gasteiger partial charge in [0.1, 0.15) is 0 Å². The first kappa shape index (κ1) is 16.9. The standard InChI is InChI=1S/C18H20ClN3O2/c19-18-4-2-1-3-16(18)14-21-11-9-20(10-12-21)13-15-5-7-17(8-6-15)22(23)24/h1-8H,9-14H2. The van der Waals surface area contributed by atoms with E-state index < -0.39 is 0 Å². The fourth-order valence-electron chi connectivity index (χ4n) is 2.95. The van der Waals surface area contributed by atoms with E-state index in [1.807, 2.05) is 30.3 Å². The van der Waals surface area contributed by atoms with E-state index >= 15 is 0 Å². The zero-order valence-corrected chi connectivity index (χ0v) is 14.2. The van der Waals surface area contributed by atoms with Gasteiger partial charge < -0.3 is 0 Å². The van der Waals surface area contributed by atoms with Crippen LogP contribution < -0.4 is 0 Å². The van der Waals surface area contributed by atoms with Gasteiger partial charge in [-0.2, -0.15) is 0 Å². The first-order valence-electron chi connectivity index (χ1n) is 8.03. The monoisotopic (exact) mass is 345 g/mol. The lowest BCUT2D eigenvalue weighted by Crippen LogP contribution is -2.45. The van der Waals surface area contributed by atoms with Crippen molar-refractivity contribution in [1.82, 2.24) is 9.80 Å². The normalized spacial score (nSPS) is 16.2. The molecule has 0 amide bonds. The molecule has 0 N–H and O–H groups in total. The number of rotatable bonds is 5. The number of nitrogens with zero attached hydrogens (tertiary/aromatic N) is 3. The highest BCUT2D eigenvalue weighted by Gasteiger charge is 2.18. The van der Waals surface area contributed by atoms with Gasteiger partial charge in [0.25, 0.3) is 5.69 Å². The summed E-state index contributed by atoms with van der Waals surface area (Å²) in [5, 5.41) is 11.5. The quantitative estimate of drug-likeness (QED) is 0.614. The molecule has 0 aromatic heterocycles. The molecule has 0 aliphatic carbocycles. The molecule has 1 aliphatic heterocycles. The van der Waals surface area contributed by atoms with Crippen molar-refractivity contribution in [3.8, 4) is 0 Å². The van der Waals surface area contributed by atoms with Gasteiger partial charge in [-0.15, -0.1) is 0 Å². The van der Waals surface area contributed by atoms with E-state index in [2.05, 4.69) is 15.9 Å². The van der Waals surface area contributed by atoms with Crippen LogP contribution in [0.2, 0.25) is 5.02 Å². The van der Waals surface area contributed by atoms with Crippen molar-refractivity contribution in [2.24, 2.45) is 0 Å². The summed E-state index contributed by atoms with van der Waals surface area (Å²) in [4.78, 5) is 15.1. The smallest absolute Gasteiger partial charge is 0.269 e. The van der Waals surface area contributed by atoms with Gasteiger partial charge in [-0.3, -0.25) is 19.9 Å². The number of nitro benzene ring substituents is 1. The third-order valence-corrected chi connectivity index (χ3v) is 4.74. The second kappa shape index (κ2) is 7.75. The van der Waals surface area contributed by atoms with Crippen molar-refractivity contribution >= 4 is 17.3 Å². The predicted octanol–water partition coefficient (Wildman–Crippen LogP) is 3.57. The number of non-ortho nitro benzene ring substituents is 1. The van der Waals surface area contributed by atoms with E-state index in [-0.39, 0.29) is 10.6 Å². The van der Waals surface area contributed by atoms with Crippen molar-refractivity contribution < 1.29 is 4.92 Å². The van der Waals surface area contributed by atoms with Gasteiger partial charge in [-0.25, -0.2) is 0 Å². The maximum atomic E-state index is 10.7. The molecule has 2 aromatic carbocycles. The summed E-state index contributed by atoms with van der Waals surface area (Å²) >= 11 is 6.23. The molecule has 24 heavy (non-hydrogen) atoms. The number of piperazine rings is 1. The van der Waals surface area contributed by atoms with Crippen LogP contribution in [0.4, 0.5) is 5.69 Å². The summed E-state index contributed by atoms with van der Waals surface area (Å²) in [5.41, 5.74) is 2.42. The Morgan fingerprint density at radius 3 is 2.08 bits per heavy atom. The van der Waals surface area contributed by atoms with Crippen molar-refractivity contribution in [3.63, 3.8) is 0 Å². The minimum atomic E-state index is -0.364. The Bertz CT molecular complexity index is 698. The van der Waals surface area contributed by atoms with E-state index in [1.54, 1.807) is 12.1 Å². The molecule has 0 radical (unpaired) electrons. The summed E-state index contributed by atoms with van der Waals surface area (Å²) in [6, 6.07) is 14.8. The lowest BCUT2D eigenvalue weighted by atomic mass is 10.1. The lowest BCUT2D eigenvalue weighted by molar-refractivity contribution is -0.384. The fourth-order valence-corrected chi connectivity index (χ4v) is 3.15. The first-order valence-corrected chi connectivity index (χ1v) is 8.41. The van der Waals surface area contributed by atoms with Crippen molar-refractivity contribution in [2.75, 3.05) is 26.2 Å². The van der Waals surface area contributed by atoms with Crippen LogP contribution in [0.5, 0.6) is 0 Å². The predicted molar refractivity (Wildman–Crippen MR) is 95.1 cm³/mol. The van der Waals surface area contributed by atoms with E-state index in [9.17, 15) is 10.1 Å². The van der Waals surface area contributed by atoms with Gasteiger partial charge in [0.2, 0.25) is 0 Å². The zero-order valence-electron chi connectivity index (χ0n) is 13.4. The molecule has 3 rings (SSSR count). The van der Waals surface area contributed by atoms with Crippen LogP contribution in [-0.4, -0.2) is 40.9 Å². The molecule has 5 nitrogen and oxygen atoms in total. The van der Waals surface area contributed by atoms with Crippen LogP contribution >= 0.6 is 11.6 Å². The van der Waals surface area contributed by atoms with Crippen LogP contribution in [0.25, 0.3) is 0 Å². The molecule has 126 valence electrons. The Morgan fingerprint density at radius 1 is 0.917 bits per heavy atom. The summed E-state index contributed by atoms with van der Waals surface area (Å²) in [5.74, 6) is 0. The molecule has 0 saturated carbocycles. The molecular weight excluding hydrogens is 326 g/mol. The Kier molecular flexibility index (Phi) is 5.45. The lowest BCUT2D eigenvalue weighted by Gasteiger charge is -2.34. The van der Waals surface area contributed by atoms with Crippen LogP contribution in [-0.2, 0) is 13.1 Å². The van der Waals surface area contributed by atoms with Crippen LogP contribution in [0.1, 0.15) is 11.1 Å². The fraction of sp³-hybridized carbons (Fsp3) is 0.333. The second-order valence-electron chi connectivity index (χ2n) is 6.07. The minimum absolute atomic E-state index is 0.142. The molecule has 1 aliphatic rings. The number of benzene rings is 2. The van der Waals surface area contributed by atoms with Gasteiger partial charge >= 0.3 is 0 Å². The molecule has 1 saturated heterocycles. The molecule has 0 unspecified atom stereocenters. The third-order valence-electron chi connectivity index (χ3n) is 4.37. The molecule has 0 atom stereocenters. The van der Waals surface area contributed by atoms with Gasteiger partial charge in [-0.1, -0.05) is 41.9 Å². The maximum Gasteiger partial charge on any atom is 0.269 e. The van der Waals surface area contributed by atoms with Crippen molar-refractivity contribution in [2.45, 2.75) is 13.1 Å². The number of nitro groups is 1. The van der Waals surface area contributed by atoms with Crippen LogP contribution in [0.15, 0.2) is 48.5 Å². The highest BCUT2D eigenvalue weighted by molar-refractivity contribution is 6.31. The highest BCUT2D eigenvalue weighted by atomic mass is 35.5. The number of hydrogen-bond donors (Lipinski definition) is 0. The second-order valence-corrected chi connectivity index (χ2v) is 6.47. The molecule has 1 heterocycles. The van der Waals surface area contributed by atoms with E-state index in [1.165, 1.54) is 5.56 Å². The SMILES string of the molecule is O=[N+]([O-])c1ccc(CN2CCN(Cc3ccccc3Cl)CC2)cc1. The van der Waals surface area contributed by atoms with Crippen molar-refractivity contribution in [1.29, 1.82) is 0 Å². The Labute approximate surface area is 146 Å². The molecular formula is C18H20ClN3O2. The molecule has 0 spiro atoms. The minimum Gasteiger partial charge on any atom is -0.297 e. The van der Waals surface area contributed by atoms with Gasteiger partial charge in [0.05, 0.1) is 4.92 Å². The Balaban J connectivity index is 1.50. The third kappa shape index (κ3) is 4.32. The maximum absolute atomic E-state index is 10.7. The zero-order chi connectivity index (χ0) is 16.9. The summed E-state index contributed by atoms with van der Waals surface area (Å²) in [7, 11) is 0. The summed E-state index contributed by atoms with van der Waals surface area (Å²) in [6.45, 7) is 5.68. The molecule has 6 heteroatoms. The van der Waals surface area contributed by atoms with Gasteiger partial charge in [0.15, 0.2) is 0 Å². The van der Waals surface area contributed by atoms with E-state index in [0.717, 1.165) is 49.9 Å². The van der Waals surface area contributed by atoms with Crippen LogP contribution in [0.3, 0.4) is 0 Å². The average molecular weight is 346 g/mol. The average Bonchev–Trinajstić information content (AvgIpc) is 2.59. The Morgan fingerprint density at radius 2 is 1.50 bits per heavy atom. The summed E-state index contributed by atoms with van der Waals surface area (Å²) < 4.78 is 0. The molecule has 2 aromatic rings. The topological polar surface area (TPSA) is 49.6 Å². The highest BCUT2D eigenvalue weighted by Crippen LogP contribution is 2.19. The van der Waals surface area contributed by atoms with Crippen molar-refractivity contribution in [3.05, 3.63) is 74.8 Å². The van der Waals surface area contributed by atoms with Gasteiger partial charge in [0, 0.05) is 56.4 Å². The van der Waals surface area contributed by atoms with Crippen LogP contribution in [0, 0.1) is 10.1 Å². The van der Waals surface area contributed by atoms with E-state index in [0.29, 0.717) is 0 Å². The number of halogens is 1. The Hall–Kier alpha value is -1.95. The number of hydrogen-bond acceptors (Lipinski definition) is 4. The van der Waals surface area contributed by atoms with Gasteiger partial charge in [-0.05, 0) is 17.2 Å². The molecule has 0 bridgehead atoms. The largest absolute Gasteiger partial charge is 0.297 e. The summed E-state index contributed by atoms with van der Waals surface area (Å²) in [6.07, 6.45) is 0. The first-order chi connectivity index (χ1) is 11.6. The molecule has 1 fully saturated rings. The van der Waals surface area contributed by atoms with E-state index in [4.69, 9.17) is 11.6 Å².